The summed E-state index contributed by atoms with van der Waals surface area (Å²) in [5.74, 6) is -0.200. The highest BCUT2D eigenvalue weighted by Crippen LogP contribution is 2.28. The molecule has 3 rings (SSSR count). The van der Waals surface area contributed by atoms with Gasteiger partial charge in [-0.2, -0.15) is 0 Å². The molecule has 1 atom stereocenters. The lowest BCUT2D eigenvalue weighted by molar-refractivity contribution is 0.409. The van der Waals surface area contributed by atoms with Crippen LogP contribution in [-0.2, 0) is 0 Å². The first-order valence-corrected chi connectivity index (χ1v) is 7.07. The first-order chi connectivity index (χ1) is 9.67. The molecule has 1 unspecified atom stereocenters. The van der Waals surface area contributed by atoms with Crippen molar-refractivity contribution in [3.63, 3.8) is 0 Å². The summed E-state index contributed by atoms with van der Waals surface area (Å²) in [7, 11) is 0. The van der Waals surface area contributed by atoms with Crippen LogP contribution in [0.3, 0.4) is 0 Å². The number of nitrogens with one attached hydrogen (secondary N) is 1. The fraction of sp³-hybridized carbons (Fsp3) is 0.294. The van der Waals surface area contributed by atoms with Gasteiger partial charge in [-0.05, 0) is 61.0 Å². The molecule has 2 aliphatic rings. The van der Waals surface area contributed by atoms with Gasteiger partial charge in [0.2, 0.25) is 0 Å². The van der Waals surface area contributed by atoms with E-state index in [-0.39, 0.29) is 5.82 Å². The summed E-state index contributed by atoms with van der Waals surface area (Å²) in [6, 6.07) is 6.94. The van der Waals surface area contributed by atoms with Crippen molar-refractivity contribution in [2.24, 2.45) is 0 Å². The highest BCUT2D eigenvalue weighted by Gasteiger charge is 2.22. The number of nitrogens with zero attached hydrogens (tertiary/aromatic N) is 1. The maximum absolute atomic E-state index is 13.0. The SMILES string of the molecule is CCN1C=CC2=C(C1)C(C)NC(c1ccc(F)cc1)=C2. The van der Waals surface area contributed by atoms with Crippen molar-refractivity contribution in [2.75, 3.05) is 13.1 Å². The van der Waals surface area contributed by atoms with Crippen LogP contribution in [-0.4, -0.2) is 24.0 Å². The summed E-state index contributed by atoms with van der Waals surface area (Å²) in [4.78, 5) is 2.30. The van der Waals surface area contributed by atoms with Gasteiger partial charge in [0.25, 0.3) is 0 Å². The molecule has 0 aliphatic carbocycles. The van der Waals surface area contributed by atoms with Gasteiger partial charge >= 0.3 is 0 Å². The number of allylic oxidation sites excluding steroid dienone is 3. The summed E-state index contributed by atoms with van der Waals surface area (Å²) < 4.78 is 13.0. The molecule has 1 aromatic carbocycles. The first kappa shape index (κ1) is 13.0. The Morgan fingerprint density at radius 3 is 2.75 bits per heavy atom. The van der Waals surface area contributed by atoms with Crippen LogP contribution in [0.2, 0.25) is 0 Å². The van der Waals surface area contributed by atoms with E-state index in [1.54, 1.807) is 0 Å². The zero-order valence-corrected chi connectivity index (χ0v) is 11.9. The smallest absolute Gasteiger partial charge is 0.123 e. The molecule has 1 N–H and O–H groups in total. The van der Waals surface area contributed by atoms with Crippen molar-refractivity contribution in [3.8, 4) is 0 Å². The van der Waals surface area contributed by atoms with Gasteiger partial charge in [0, 0.05) is 24.8 Å². The van der Waals surface area contributed by atoms with Crippen LogP contribution in [0.4, 0.5) is 4.39 Å². The maximum Gasteiger partial charge on any atom is 0.123 e. The predicted octanol–water partition coefficient (Wildman–Crippen LogP) is 3.30. The van der Waals surface area contributed by atoms with Crippen molar-refractivity contribution in [2.45, 2.75) is 19.9 Å². The summed E-state index contributed by atoms with van der Waals surface area (Å²) in [6.45, 7) is 6.34. The molecule has 0 radical (unpaired) electrons. The summed E-state index contributed by atoms with van der Waals surface area (Å²) in [5, 5.41) is 3.52. The molecule has 2 nitrogen and oxygen atoms in total. The van der Waals surface area contributed by atoms with E-state index in [1.807, 2.05) is 12.1 Å². The Kier molecular flexibility index (Phi) is 3.35. The Bertz CT molecular complexity index is 596. The third-order valence-corrected chi connectivity index (χ3v) is 3.97. The highest BCUT2D eigenvalue weighted by atomic mass is 19.1. The fourth-order valence-corrected chi connectivity index (χ4v) is 2.71. The molecule has 2 aliphatic heterocycles. The Labute approximate surface area is 119 Å². The lowest BCUT2D eigenvalue weighted by Crippen LogP contribution is -2.37. The van der Waals surface area contributed by atoms with Gasteiger partial charge in [0.1, 0.15) is 5.82 Å². The van der Waals surface area contributed by atoms with Crippen LogP contribution >= 0.6 is 0 Å². The molecule has 3 heteroatoms. The van der Waals surface area contributed by atoms with Gasteiger partial charge in [0.15, 0.2) is 0 Å². The van der Waals surface area contributed by atoms with E-state index in [0.29, 0.717) is 6.04 Å². The van der Waals surface area contributed by atoms with Gasteiger partial charge in [-0.1, -0.05) is 12.1 Å². The second-order valence-electron chi connectivity index (χ2n) is 5.29. The van der Waals surface area contributed by atoms with Crippen LogP contribution in [0, 0.1) is 5.82 Å². The molecule has 0 saturated carbocycles. The quantitative estimate of drug-likeness (QED) is 0.887. The van der Waals surface area contributed by atoms with Gasteiger partial charge in [-0.3, -0.25) is 0 Å². The van der Waals surface area contributed by atoms with Crippen LogP contribution in [0.25, 0.3) is 5.70 Å². The summed E-state index contributed by atoms with van der Waals surface area (Å²) in [5.41, 5.74) is 4.78. The molecule has 2 heterocycles. The van der Waals surface area contributed by atoms with E-state index in [1.165, 1.54) is 23.3 Å². The van der Waals surface area contributed by atoms with E-state index in [9.17, 15) is 4.39 Å². The van der Waals surface area contributed by atoms with E-state index >= 15 is 0 Å². The molecule has 1 aromatic rings. The van der Waals surface area contributed by atoms with Gasteiger partial charge in [-0.25, -0.2) is 4.39 Å². The molecule has 0 amide bonds. The number of hydrogen-bond acceptors (Lipinski definition) is 2. The molecule has 104 valence electrons. The van der Waals surface area contributed by atoms with E-state index in [0.717, 1.165) is 24.4 Å². The minimum absolute atomic E-state index is 0.200. The average Bonchev–Trinajstić information content (AvgIpc) is 2.47. The predicted molar refractivity (Wildman–Crippen MR) is 80.4 cm³/mol. The van der Waals surface area contributed by atoms with Crippen molar-refractivity contribution < 1.29 is 4.39 Å². The van der Waals surface area contributed by atoms with E-state index in [4.69, 9.17) is 0 Å². The normalized spacial score (nSPS) is 21.4. The van der Waals surface area contributed by atoms with Crippen molar-refractivity contribution in [1.29, 1.82) is 0 Å². The largest absolute Gasteiger partial charge is 0.378 e. The Morgan fingerprint density at radius 2 is 2.05 bits per heavy atom. The summed E-state index contributed by atoms with van der Waals surface area (Å²) >= 11 is 0. The first-order valence-electron chi connectivity index (χ1n) is 7.07. The van der Waals surface area contributed by atoms with Crippen molar-refractivity contribution >= 4 is 5.70 Å². The van der Waals surface area contributed by atoms with E-state index in [2.05, 4.69) is 42.4 Å². The minimum atomic E-state index is -0.200. The van der Waals surface area contributed by atoms with Gasteiger partial charge in [0.05, 0.1) is 0 Å². The third kappa shape index (κ3) is 2.36. The molecular formula is C17H19FN2. The number of dihydropyridines is 1. The zero-order valence-electron chi connectivity index (χ0n) is 11.9. The Balaban J connectivity index is 1.93. The number of hydrogen-bond donors (Lipinski definition) is 1. The van der Waals surface area contributed by atoms with Gasteiger partial charge in [-0.15, -0.1) is 0 Å². The molecule has 20 heavy (non-hydrogen) atoms. The third-order valence-electron chi connectivity index (χ3n) is 3.97. The minimum Gasteiger partial charge on any atom is -0.378 e. The molecule has 0 bridgehead atoms. The second-order valence-corrected chi connectivity index (χ2v) is 5.29. The monoisotopic (exact) mass is 270 g/mol. The molecule has 0 saturated heterocycles. The Hall–Kier alpha value is -2.03. The van der Waals surface area contributed by atoms with Crippen LogP contribution in [0.1, 0.15) is 19.4 Å². The molecule has 0 aromatic heterocycles. The highest BCUT2D eigenvalue weighted by molar-refractivity contribution is 5.71. The zero-order chi connectivity index (χ0) is 14.1. The molecule has 0 spiro atoms. The second kappa shape index (κ2) is 5.16. The number of benzene rings is 1. The lowest BCUT2D eigenvalue weighted by Gasteiger charge is -2.33. The van der Waals surface area contributed by atoms with Crippen LogP contribution in [0.5, 0.6) is 0 Å². The standard InChI is InChI=1S/C17H19FN2/c1-3-20-9-8-14-10-17(19-12(2)16(14)11-20)13-4-6-15(18)7-5-13/h4-10,12,19H,3,11H2,1-2H3. The van der Waals surface area contributed by atoms with Crippen LogP contribution < -0.4 is 5.32 Å². The number of halogens is 1. The average molecular weight is 270 g/mol. The topological polar surface area (TPSA) is 15.3 Å². The van der Waals surface area contributed by atoms with Crippen LogP contribution in [0.15, 0.2) is 53.8 Å². The number of rotatable bonds is 2. The van der Waals surface area contributed by atoms with Crippen molar-refractivity contribution in [3.05, 3.63) is 65.1 Å². The molecule has 0 fully saturated rings. The number of likely N-dealkylation sites (N-methyl/N-ethyl adjacent to an activating group) is 1. The van der Waals surface area contributed by atoms with Crippen molar-refractivity contribution in [1.82, 2.24) is 10.2 Å². The Morgan fingerprint density at radius 1 is 1.30 bits per heavy atom. The van der Waals surface area contributed by atoms with E-state index < -0.39 is 0 Å². The molecular weight excluding hydrogens is 251 g/mol. The van der Waals surface area contributed by atoms with Gasteiger partial charge < -0.3 is 10.2 Å². The summed E-state index contributed by atoms with van der Waals surface area (Å²) in [6.07, 6.45) is 6.48. The lowest BCUT2D eigenvalue weighted by atomic mass is 9.92. The fourth-order valence-electron chi connectivity index (χ4n) is 2.71. The maximum atomic E-state index is 13.0.